The summed E-state index contributed by atoms with van der Waals surface area (Å²) >= 11 is 1.75. The molecule has 0 radical (unpaired) electrons. The van der Waals surface area contributed by atoms with Crippen molar-refractivity contribution in [1.29, 1.82) is 0 Å². The Bertz CT molecular complexity index is 125. The Hall–Kier alpha value is 0.230. The van der Waals surface area contributed by atoms with E-state index in [1.807, 2.05) is 6.92 Å². The van der Waals surface area contributed by atoms with Gasteiger partial charge in [-0.1, -0.05) is 13.8 Å². The number of hydrogen-bond donors (Lipinski definition) is 3. The van der Waals surface area contributed by atoms with Crippen LogP contribution in [0, 0.1) is 0 Å². The maximum absolute atomic E-state index is 8.86. The van der Waals surface area contributed by atoms with E-state index < -0.39 is 0 Å². The Balaban J connectivity index is 3.60. The second-order valence-corrected chi connectivity index (χ2v) is 4.96. The van der Waals surface area contributed by atoms with Crippen LogP contribution in [0.15, 0.2) is 0 Å². The fourth-order valence-electron chi connectivity index (χ4n) is 1.08. The van der Waals surface area contributed by atoms with Crippen LogP contribution in [-0.2, 0) is 0 Å². The second-order valence-electron chi connectivity index (χ2n) is 3.49. The summed E-state index contributed by atoms with van der Waals surface area (Å²) in [5.74, 6) is 0.961. The van der Waals surface area contributed by atoms with Crippen molar-refractivity contribution in [2.24, 2.45) is 0 Å². The number of nitrogens with one attached hydrogen (secondary N) is 1. The molecule has 14 heavy (non-hydrogen) atoms. The van der Waals surface area contributed by atoms with Crippen molar-refractivity contribution in [2.45, 2.75) is 38.0 Å². The van der Waals surface area contributed by atoms with Crippen molar-refractivity contribution in [3.05, 3.63) is 0 Å². The third-order valence-electron chi connectivity index (χ3n) is 2.00. The van der Waals surface area contributed by atoms with E-state index >= 15 is 0 Å². The van der Waals surface area contributed by atoms with Crippen LogP contribution in [0.3, 0.4) is 0 Å². The fourth-order valence-corrected chi connectivity index (χ4v) is 2.03. The summed E-state index contributed by atoms with van der Waals surface area (Å²) in [6, 6.07) is 0.374. The predicted molar refractivity (Wildman–Crippen MR) is 62.8 cm³/mol. The Kier molecular flexibility index (Phi) is 9.93. The molecule has 0 aromatic rings. The SMILES string of the molecule is CCCNC(CCO)CSC(C)CO. The lowest BCUT2D eigenvalue weighted by atomic mass is 10.2. The molecule has 0 aliphatic heterocycles. The van der Waals surface area contributed by atoms with Gasteiger partial charge in [-0.2, -0.15) is 11.8 Å². The van der Waals surface area contributed by atoms with Gasteiger partial charge in [-0.05, 0) is 19.4 Å². The Morgan fingerprint density at radius 1 is 1.36 bits per heavy atom. The first-order valence-corrected chi connectivity index (χ1v) is 6.36. The summed E-state index contributed by atoms with van der Waals surface area (Å²) in [6.07, 6.45) is 1.91. The van der Waals surface area contributed by atoms with Gasteiger partial charge in [0.1, 0.15) is 0 Å². The predicted octanol–water partition coefficient (Wildman–Crippen LogP) is 0.851. The molecule has 2 atom stereocenters. The van der Waals surface area contributed by atoms with Crippen LogP contribution in [0.2, 0.25) is 0 Å². The van der Waals surface area contributed by atoms with Gasteiger partial charge in [0.15, 0.2) is 0 Å². The zero-order chi connectivity index (χ0) is 10.8. The molecule has 0 bridgehead atoms. The molecule has 0 heterocycles. The largest absolute Gasteiger partial charge is 0.396 e. The molecule has 0 aromatic carbocycles. The van der Waals surface area contributed by atoms with Crippen molar-refractivity contribution >= 4 is 11.8 Å². The van der Waals surface area contributed by atoms with E-state index in [1.54, 1.807) is 11.8 Å². The lowest BCUT2D eigenvalue weighted by Crippen LogP contribution is -2.33. The molecule has 0 aromatic heterocycles. The number of thioether (sulfide) groups is 1. The molecule has 3 nitrogen and oxygen atoms in total. The molecule has 2 unspecified atom stereocenters. The monoisotopic (exact) mass is 221 g/mol. The van der Waals surface area contributed by atoms with E-state index in [9.17, 15) is 0 Å². The summed E-state index contributed by atoms with van der Waals surface area (Å²) in [5.41, 5.74) is 0. The zero-order valence-electron chi connectivity index (χ0n) is 9.20. The molecule has 0 amide bonds. The Morgan fingerprint density at radius 2 is 2.07 bits per heavy atom. The van der Waals surface area contributed by atoms with Gasteiger partial charge in [0, 0.05) is 23.7 Å². The minimum atomic E-state index is 0.226. The topological polar surface area (TPSA) is 52.5 Å². The Morgan fingerprint density at radius 3 is 2.57 bits per heavy atom. The van der Waals surface area contributed by atoms with E-state index in [2.05, 4.69) is 12.2 Å². The maximum Gasteiger partial charge on any atom is 0.0547 e. The van der Waals surface area contributed by atoms with Crippen molar-refractivity contribution < 1.29 is 10.2 Å². The molecule has 0 aliphatic rings. The summed E-state index contributed by atoms with van der Waals surface area (Å²) < 4.78 is 0. The Labute approximate surface area is 91.3 Å². The van der Waals surface area contributed by atoms with Gasteiger partial charge < -0.3 is 15.5 Å². The molecule has 0 aliphatic carbocycles. The molecular weight excluding hydrogens is 198 g/mol. The van der Waals surface area contributed by atoms with Gasteiger partial charge in [-0.3, -0.25) is 0 Å². The zero-order valence-corrected chi connectivity index (χ0v) is 10.0. The van der Waals surface area contributed by atoms with E-state index in [0.717, 1.165) is 25.1 Å². The smallest absolute Gasteiger partial charge is 0.0547 e. The van der Waals surface area contributed by atoms with Crippen LogP contribution in [0.25, 0.3) is 0 Å². The normalized spacial score (nSPS) is 15.4. The van der Waals surface area contributed by atoms with Gasteiger partial charge in [0.2, 0.25) is 0 Å². The van der Waals surface area contributed by atoms with Gasteiger partial charge in [0.25, 0.3) is 0 Å². The van der Waals surface area contributed by atoms with E-state index in [-0.39, 0.29) is 13.2 Å². The molecule has 0 spiro atoms. The van der Waals surface area contributed by atoms with Crippen LogP contribution in [0.1, 0.15) is 26.7 Å². The van der Waals surface area contributed by atoms with Crippen molar-refractivity contribution in [2.75, 3.05) is 25.5 Å². The summed E-state index contributed by atoms with van der Waals surface area (Å²) in [6.45, 7) is 5.60. The highest BCUT2D eigenvalue weighted by atomic mass is 32.2. The molecule has 3 N–H and O–H groups in total. The van der Waals surface area contributed by atoms with Gasteiger partial charge in [-0.15, -0.1) is 0 Å². The molecule has 0 saturated heterocycles. The molecule has 0 rings (SSSR count). The summed E-state index contributed by atoms with van der Waals surface area (Å²) in [4.78, 5) is 0. The average Bonchev–Trinajstić information content (AvgIpc) is 2.21. The average molecular weight is 221 g/mol. The number of aliphatic hydroxyl groups is 2. The first-order chi connectivity index (χ1) is 6.74. The van der Waals surface area contributed by atoms with Crippen LogP contribution in [-0.4, -0.2) is 47.0 Å². The van der Waals surface area contributed by atoms with E-state index in [1.165, 1.54) is 0 Å². The third kappa shape index (κ3) is 7.62. The van der Waals surface area contributed by atoms with Crippen molar-refractivity contribution in [3.8, 4) is 0 Å². The van der Waals surface area contributed by atoms with Crippen LogP contribution < -0.4 is 5.32 Å². The second kappa shape index (κ2) is 9.77. The first kappa shape index (κ1) is 14.2. The lowest BCUT2D eigenvalue weighted by molar-refractivity contribution is 0.270. The standard InChI is InChI=1S/C10H23NO2S/c1-3-5-11-10(4-6-12)8-14-9(2)7-13/h9-13H,3-8H2,1-2H3. The molecule has 0 fully saturated rings. The van der Waals surface area contributed by atoms with Crippen molar-refractivity contribution in [3.63, 3.8) is 0 Å². The summed E-state index contributed by atoms with van der Waals surface area (Å²) in [7, 11) is 0. The highest BCUT2D eigenvalue weighted by molar-refractivity contribution is 7.99. The summed E-state index contributed by atoms with van der Waals surface area (Å²) in [5, 5.41) is 21.4. The highest BCUT2D eigenvalue weighted by Crippen LogP contribution is 2.12. The molecular formula is C10H23NO2S. The van der Waals surface area contributed by atoms with Gasteiger partial charge >= 0.3 is 0 Å². The quantitative estimate of drug-likeness (QED) is 0.540. The minimum absolute atomic E-state index is 0.226. The van der Waals surface area contributed by atoms with Gasteiger partial charge in [-0.25, -0.2) is 0 Å². The third-order valence-corrected chi connectivity index (χ3v) is 3.31. The van der Waals surface area contributed by atoms with Crippen LogP contribution in [0.4, 0.5) is 0 Å². The number of hydrogen-bond acceptors (Lipinski definition) is 4. The molecule has 86 valence electrons. The minimum Gasteiger partial charge on any atom is -0.396 e. The highest BCUT2D eigenvalue weighted by Gasteiger charge is 2.09. The van der Waals surface area contributed by atoms with E-state index in [4.69, 9.17) is 10.2 Å². The molecule has 4 heteroatoms. The fraction of sp³-hybridized carbons (Fsp3) is 1.00. The van der Waals surface area contributed by atoms with Gasteiger partial charge in [0.05, 0.1) is 6.61 Å². The van der Waals surface area contributed by atoms with E-state index in [0.29, 0.717) is 11.3 Å². The van der Waals surface area contributed by atoms with Crippen molar-refractivity contribution in [1.82, 2.24) is 5.32 Å². The number of rotatable bonds is 9. The molecule has 0 saturated carbocycles. The van der Waals surface area contributed by atoms with Crippen LogP contribution in [0.5, 0.6) is 0 Å². The lowest BCUT2D eigenvalue weighted by Gasteiger charge is -2.18. The maximum atomic E-state index is 8.86. The number of aliphatic hydroxyl groups excluding tert-OH is 2. The van der Waals surface area contributed by atoms with Crippen LogP contribution >= 0.6 is 11.8 Å². The first-order valence-electron chi connectivity index (χ1n) is 5.31.